The fourth-order valence-electron chi connectivity index (χ4n) is 3.63. The first-order valence-corrected chi connectivity index (χ1v) is 9.55. The van der Waals surface area contributed by atoms with Crippen LogP contribution in [-0.2, 0) is 30.7 Å². The van der Waals surface area contributed by atoms with E-state index in [-0.39, 0.29) is 12.0 Å². The fraction of sp³-hybridized carbons (Fsp3) is 0.500. The van der Waals surface area contributed by atoms with Crippen LogP contribution in [0.2, 0.25) is 0 Å². The number of nitrogens with zero attached hydrogens (tertiary/aromatic N) is 2. The Labute approximate surface area is 153 Å². The summed E-state index contributed by atoms with van der Waals surface area (Å²) in [6.07, 6.45) is 4.25. The summed E-state index contributed by atoms with van der Waals surface area (Å²) in [5, 5.41) is 11.0. The first kappa shape index (κ1) is 17.1. The number of aryl methyl sites for hydroxylation is 3. The van der Waals surface area contributed by atoms with Crippen LogP contribution in [0, 0.1) is 0 Å². The maximum Gasteiger partial charge on any atom is 0.220 e. The summed E-state index contributed by atoms with van der Waals surface area (Å²) in [5.41, 5.74) is 3.47. The molecule has 1 aromatic heterocycles. The normalized spacial score (nSPS) is 19.0. The molecular formula is C20H26N4O2. The molecule has 0 saturated heterocycles. The van der Waals surface area contributed by atoms with Crippen LogP contribution in [0.15, 0.2) is 30.3 Å². The van der Waals surface area contributed by atoms with E-state index in [0.29, 0.717) is 19.4 Å². The largest absolute Gasteiger partial charge is 0.488 e. The van der Waals surface area contributed by atoms with Gasteiger partial charge in [-0.05, 0) is 43.5 Å². The van der Waals surface area contributed by atoms with Crippen LogP contribution < -0.4 is 15.4 Å². The zero-order valence-corrected chi connectivity index (χ0v) is 15.0. The van der Waals surface area contributed by atoms with Gasteiger partial charge in [-0.25, -0.2) is 0 Å². The molecule has 0 spiro atoms. The Bertz CT molecular complexity index is 747. The van der Waals surface area contributed by atoms with Crippen LogP contribution in [0.1, 0.15) is 36.2 Å². The standard InChI is InChI=1S/C20H26N4O2/c25-20(9-7-16-12-17-13-21-10-3-11-24(17)23-16)22-14-18-8-6-15-4-1-2-5-19(15)26-18/h1-2,4-5,12,18,21H,3,6-11,13-14H2,(H,22,25)/t18-/m1/s1. The molecule has 26 heavy (non-hydrogen) atoms. The van der Waals surface area contributed by atoms with Crippen molar-refractivity contribution >= 4 is 5.91 Å². The molecule has 0 saturated carbocycles. The predicted molar refractivity (Wildman–Crippen MR) is 99.1 cm³/mol. The minimum absolute atomic E-state index is 0.0589. The predicted octanol–water partition coefficient (Wildman–Crippen LogP) is 1.82. The number of aromatic nitrogens is 2. The number of rotatable bonds is 5. The van der Waals surface area contributed by atoms with Crippen molar-refractivity contribution in [3.05, 3.63) is 47.3 Å². The van der Waals surface area contributed by atoms with Gasteiger partial charge in [-0.1, -0.05) is 18.2 Å². The number of ether oxygens (including phenoxy) is 1. The van der Waals surface area contributed by atoms with E-state index in [9.17, 15) is 4.79 Å². The van der Waals surface area contributed by atoms with Gasteiger partial charge in [0.05, 0.1) is 17.9 Å². The monoisotopic (exact) mass is 354 g/mol. The highest BCUT2D eigenvalue weighted by Crippen LogP contribution is 2.26. The van der Waals surface area contributed by atoms with E-state index in [0.717, 1.165) is 50.3 Å². The van der Waals surface area contributed by atoms with E-state index < -0.39 is 0 Å². The number of carbonyl (C=O) groups excluding carboxylic acids is 1. The second-order valence-corrected chi connectivity index (χ2v) is 7.07. The van der Waals surface area contributed by atoms with Crippen molar-refractivity contribution < 1.29 is 9.53 Å². The van der Waals surface area contributed by atoms with Gasteiger partial charge in [0.25, 0.3) is 0 Å². The maximum atomic E-state index is 12.2. The van der Waals surface area contributed by atoms with Gasteiger partial charge in [0.15, 0.2) is 0 Å². The molecule has 2 N–H and O–H groups in total. The first-order chi connectivity index (χ1) is 12.8. The van der Waals surface area contributed by atoms with Gasteiger partial charge in [0.2, 0.25) is 5.91 Å². The molecule has 1 amide bonds. The van der Waals surface area contributed by atoms with E-state index in [2.05, 4.69) is 32.5 Å². The summed E-state index contributed by atoms with van der Waals surface area (Å²) in [5.74, 6) is 1.01. The van der Waals surface area contributed by atoms with Gasteiger partial charge in [0.1, 0.15) is 11.9 Å². The number of para-hydroxylation sites is 1. The molecule has 0 unspecified atom stereocenters. The number of fused-ring (bicyclic) bond motifs is 2. The van der Waals surface area contributed by atoms with E-state index in [1.165, 1.54) is 11.3 Å². The minimum Gasteiger partial charge on any atom is -0.488 e. The van der Waals surface area contributed by atoms with Crippen LogP contribution in [0.4, 0.5) is 0 Å². The zero-order chi connectivity index (χ0) is 17.8. The molecular weight excluding hydrogens is 328 g/mol. The van der Waals surface area contributed by atoms with E-state index in [4.69, 9.17) is 4.74 Å². The lowest BCUT2D eigenvalue weighted by molar-refractivity contribution is -0.121. The van der Waals surface area contributed by atoms with Crippen molar-refractivity contribution in [3.8, 4) is 5.75 Å². The molecule has 6 heteroatoms. The van der Waals surface area contributed by atoms with Crippen molar-refractivity contribution in [1.82, 2.24) is 20.4 Å². The lowest BCUT2D eigenvalue weighted by atomic mass is 10.0. The third-order valence-corrected chi connectivity index (χ3v) is 5.08. The topological polar surface area (TPSA) is 68.2 Å². The van der Waals surface area contributed by atoms with Crippen LogP contribution in [-0.4, -0.2) is 34.9 Å². The number of hydrogen-bond donors (Lipinski definition) is 2. The molecule has 1 aromatic carbocycles. The fourth-order valence-corrected chi connectivity index (χ4v) is 3.63. The molecule has 4 rings (SSSR count). The van der Waals surface area contributed by atoms with Crippen LogP contribution >= 0.6 is 0 Å². The van der Waals surface area contributed by atoms with Crippen molar-refractivity contribution in [2.45, 2.75) is 51.3 Å². The van der Waals surface area contributed by atoms with Crippen molar-refractivity contribution in [3.63, 3.8) is 0 Å². The Morgan fingerprint density at radius 1 is 1.38 bits per heavy atom. The number of hydrogen-bond acceptors (Lipinski definition) is 4. The summed E-state index contributed by atoms with van der Waals surface area (Å²) in [6.45, 7) is 3.42. The Morgan fingerprint density at radius 2 is 2.31 bits per heavy atom. The molecule has 0 bridgehead atoms. The average Bonchev–Trinajstić information content (AvgIpc) is 2.93. The summed E-state index contributed by atoms with van der Waals surface area (Å²) < 4.78 is 8.04. The molecule has 1 atom stereocenters. The second-order valence-electron chi connectivity index (χ2n) is 7.07. The quantitative estimate of drug-likeness (QED) is 0.859. The zero-order valence-electron chi connectivity index (χ0n) is 15.0. The lowest BCUT2D eigenvalue weighted by Crippen LogP contribution is -2.37. The minimum atomic E-state index is 0.0589. The molecule has 3 heterocycles. The molecule has 6 nitrogen and oxygen atoms in total. The van der Waals surface area contributed by atoms with Gasteiger partial charge in [-0.3, -0.25) is 9.48 Å². The molecule has 0 aliphatic carbocycles. The van der Waals surface area contributed by atoms with E-state index in [1.54, 1.807) is 0 Å². The summed E-state index contributed by atoms with van der Waals surface area (Å²) in [7, 11) is 0. The molecule has 0 radical (unpaired) electrons. The SMILES string of the molecule is O=C(CCc1cc2n(n1)CCCNC2)NC[C@H]1CCc2ccccc2O1. The van der Waals surface area contributed by atoms with Crippen molar-refractivity contribution in [1.29, 1.82) is 0 Å². The molecule has 2 aliphatic rings. The Hall–Kier alpha value is -2.34. The third kappa shape index (κ3) is 4.07. The number of carbonyl (C=O) groups is 1. The van der Waals surface area contributed by atoms with Crippen molar-refractivity contribution in [2.75, 3.05) is 13.1 Å². The smallest absolute Gasteiger partial charge is 0.220 e. The third-order valence-electron chi connectivity index (χ3n) is 5.08. The van der Waals surface area contributed by atoms with Gasteiger partial charge in [0, 0.05) is 25.9 Å². The van der Waals surface area contributed by atoms with Crippen LogP contribution in [0.5, 0.6) is 5.75 Å². The summed E-state index contributed by atoms with van der Waals surface area (Å²) >= 11 is 0. The summed E-state index contributed by atoms with van der Waals surface area (Å²) in [4.78, 5) is 12.2. The van der Waals surface area contributed by atoms with Gasteiger partial charge in [-0.2, -0.15) is 5.10 Å². The Morgan fingerprint density at radius 3 is 3.27 bits per heavy atom. The molecule has 138 valence electrons. The Kier molecular flexibility index (Phi) is 5.20. The first-order valence-electron chi connectivity index (χ1n) is 9.55. The Balaban J connectivity index is 1.22. The number of amides is 1. The van der Waals surface area contributed by atoms with Crippen LogP contribution in [0.3, 0.4) is 0 Å². The van der Waals surface area contributed by atoms with Crippen molar-refractivity contribution in [2.24, 2.45) is 0 Å². The number of benzene rings is 1. The maximum absolute atomic E-state index is 12.2. The highest BCUT2D eigenvalue weighted by Gasteiger charge is 2.20. The lowest BCUT2D eigenvalue weighted by Gasteiger charge is -2.26. The molecule has 2 aliphatic heterocycles. The average molecular weight is 354 g/mol. The van der Waals surface area contributed by atoms with Gasteiger partial charge < -0.3 is 15.4 Å². The number of nitrogens with one attached hydrogen (secondary N) is 2. The van der Waals surface area contributed by atoms with Crippen LogP contribution in [0.25, 0.3) is 0 Å². The molecule has 2 aromatic rings. The van der Waals surface area contributed by atoms with E-state index in [1.807, 2.05) is 18.2 Å². The van der Waals surface area contributed by atoms with Gasteiger partial charge >= 0.3 is 0 Å². The van der Waals surface area contributed by atoms with E-state index >= 15 is 0 Å². The highest BCUT2D eigenvalue weighted by molar-refractivity contribution is 5.76. The highest BCUT2D eigenvalue weighted by atomic mass is 16.5. The van der Waals surface area contributed by atoms with Gasteiger partial charge in [-0.15, -0.1) is 0 Å². The summed E-state index contributed by atoms with van der Waals surface area (Å²) in [6, 6.07) is 10.2. The molecule has 0 fully saturated rings. The second kappa shape index (κ2) is 7.91.